The zero-order valence-corrected chi connectivity index (χ0v) is 11.9. The predicted octanol–water partition coefficient (Wildman–Crippen LogP) is 2.92. The lowest BCUT2D eigenvalue weighted by molar-refractivity contribution is 0.171. The van der Waals surface area contributed by atoms with Crippen molar-refractivity contribution in [2.24, 2.45) is 5.73 Å². The van der Waals surface area contributed by atoms with Crippen molar-refractivity contribution >= 4 is 11.3 Å². The highest BCUT2D eigenvalue weighted by atomic mass is 32.1. The number of benzene rings is 1. The van der Waals surface area contributed by atoms with E-state index in [1.807, 2.05) is 18.2 Å². The van der Waals surface area contributed by atoms with E-state index >= 15 is 0 Å². The minimum Gasteiger partial charge on any atom is -0.486 e. The molecule has 0 radical (unpaired) electrons. The van der Waals surface area contributed by atoms with Crippen LogP contribution in [0.2, 0.25) is 0 Å². The second-order valence-corrected chi connectivity index (χ2v) is 6.26. The lowest BCUT2D eigenvalue weighted by Crippen LogP contribution is -2.43. The summed E-state index contributed by atoms with van der Waals surface area (Å²) in [5.74, 6) is 1.61. The summed E-state index contributed by atoms with van der Waals surface area (Å²) in [6.07, 6.45) is 3.29. The molecule has 20 heavy (non-hydrogen) atoms. The Morgan fingerprint density at radius 3 is 2.70 bits per heavy atom. The quantitative estimate of drug-likeness (QED) is 0.923. The number of nitrogens with two attached hydrogens (primary N) is 1. The molecule has 1 fully saturated rings. The molecule has 0 bridgehead atoms. The lowest BCUT2D eigenvalue weighted by atomic mass is 9.78. The van der Waals surface area contributed by atoms with Gasteiger partial charge in [-0.25, -0.2) is 4.98 Å². The summed E-state index contributed by atoms with van der Waals surface area (Å²) in [6.45, 7) is 1.22. The number of ether oxygens (including phenoxy) is 2. The van der Waals surface area contributed by atoms with Gasteiger partial charge >= 0.3 is 0 Å². The molecule has 0 atom stereocenters. The average molecular weight is 288 g/mol. The maximum Gasteiger partial charge on any atom is 0.162 e. The molecule has 0 spiro atoms. The Kier molecular flexibility index (Phi) is 2.72. The van der Waals surface area contributed by atoms with Gasteiger partial charge in [0.25, 0.3) is 0 Å². The van der Waals surface area contributed by atoms with Crippen LogP contribution < -0.4 is 15.2 Å². The molecule has 1 aromatic carbocycles. The van der Waals surface area contributed by atoms with Gasteiger partial charge in [0.2, 0.25) is 0 Å². The van der Waals surface area contributed by atoms with E-state index < -0.39 is 0 Å². The van der Waals surface area contributed by atoms with Crippen LogP contribution in [0.15, 0.2) is 23.6 Å². The molecule has 2 N–H and O–H groups in total. The average Bonchev–Trinajstić information content (AvgIpc) is 2.94. The SMILES string of the molecule is NC1(c2nc(-c3ccc4c(c3)OCCO4)cs2)CCC1. The fourth-order valence-corrected chi connectivity index (χ4v) is 3.61. The third-order valence-electron chi connectivity index (χ3n) is 4.01. The van der Waals surface area contributed by atoms with Gasteiger partial charge in [0.15, 0.2) is 11.5 Å². The van der Waals surface area contributed by atoms with E-state index in [4.69, 9.17) is 20.2 Å². The molecule has 4 rings (SSSR count). The summed E-state index contributed by atoms with van der Waals surface area (Å²) in [4.78, 5) is 4.72. The molecule has 5 heteroatoms. The van der Waals surface area contributed by atoms with Crippen LogP contribution in [0.3, 0.4) is 0 Å². The molecule has 0 unspecified atom stereocenters. The second kappa shape index (κ2) is 4.46. The number of rotatable bonds is 2. The summed E-state index contributed by atoms with van der Waals surface area (Å²) in [5.41, 5.74) is 8.17. The zero-order chi connectivity index (χ0) is 13.6. The van der Waals surface area contributed by atoms with E-state index in [2.05, 4.69) is 5.38 Å². The van der Waals surface area contributed by atoms with E-state index in [9.17, 15) is 0 Å². The van der Waals surface area contributed by atoms with E-state index in [1.165, 1.54) is 6.42 Å². The standard InChI is InChI=1S/C15H16N2O2S/c16-15(4-1-5-15)14-17-11(9-20-14)10-2-3-12-13(8-10)19-7-6-18-12/h2-3,8-9H,1,4-7,16H2. The Bertz CT molecular complexity index is 649. The largest absolute Gasteiger partial charge is 0.486 e. The molecule has 1 aromatic heterocycles. The first-order valence-corrected chi connectivity index (χ1v) is 7.77. The first kappa shape index (κ1) is 12.2. The molecule has 2 heterocycles. The van der Waals surface area contributed by atoms with Gasteiger partial charge in [0.1, 0.15) is 18.2 Å². The predicted molar refractivity (Wildman–Crippen MR) is 78.3 cm³/mol. The second-order valence-electron chi connectivity index (χ2n) is 5.41. The molecule has 2 aliphatic rings. The van der Waals surface area contributed by atoms with Crippen LogP contribution in [0, 0.1) is 0 Å². The number of fused-ring (bicyclic) bond motifs is 1. The molecular formula is C15H16N2O2S. The van der Waals surface area contributed by atoms with E-state index in [-0.39, 0.29) is 5.54 Å². The summed E-state index contributed by atoms with van der Waals surface area (Å²) in [6, 6.07) is 5.97. The molecule has 1 aliphatic heterocycles. The number of aromatic nitrogens is 1. The Balaban J connectivity index is 1.67. The Morgan fingerprint density at radius 1 is 1.15 bits per heavy atom. The minimum atomic E-state index is -0.184. The van der Waals surface area contributed by atoms with Crippen molar-refractivity contribution < 1.29 is 9.47 Å². The Labute approximate surface area is 121 Å². The van der Waals surface area contributed by atoms with Crippen LogP contribution >= 0.6 is 11.3 Å². The van der Waals surface area contributed by atoms with E-state index in [0.717, 1.165) is 40.6 Å². The van der Waals surface area contributed by atoms with Gasteiger partial charge in [-0.2, -0.15) is 0 Å². The molecule has 0 amide bonds. The Hall–Kier alpha value is -1.59. The van der Waals surface area contributed by atoms with Crippen molar-refractivity contribution in [3.63, 3.8) is 0 Å². The summed E-state index contributed by atoms with van der Waals surface area (Å²) in [7, 11) is 0. The maximum absolute atomic E-state index is 6.33. The summed E-state index contributed by atoms with van der Waals surface area (Å²) < 4.78 is 11.2. The number of hydrogen-bond donors (Lipinski definition) is 1. The molecule has 4 nitrogen and oxygen atoms in total. The minimum absolute atomic E-state index is 0.184. The molecule has 1 aliphatic carbocycles. The van der Waals surface area contributed by atoms with Gasteiger partial charge in [-0.15, -0.1) is 11.3 Å². The van der Waals surface area contributed by atoms with Crippen LogP contribution in [0.5, 0.6) is 11.5 Å². The van der Waals surface area contributed by atoms with Crippen molar-refractivity contribution in [2.75, 3.05) is 13.2 Å². The smallest absolute Gasteiger partial charge is 0.162 e. The van der Waals surface area contributed by atoms with Gasteiger partial charge in [0.05, 0.1) is 11.2 Å². The lowest BCUT2D eigenvalue weighted by Gasteiger charge is -2.35. The number of thiazole rings is 1. The number of nitrogens with zero attached hydrogens (tertiary/aromatic N) is 1. The van der Waals surface area contributed by atoms with Gasteiger partial charge in [-0.3, -0.25) is 0 Å². The van der Waals surface area contributed by atoms with Crippen LogP contribution in [0.1, 0.15) is 24.3 Å². The summed E-state index contributed by atoms with van der Waals surface area (Å²) >= 11 is 1.66. The van der Waals surface area contributed by atoms with Gasteiger partial charge in [-0.1, -0.05) is 0 Å². The molecule has 2 aromatic rings. The van der Waals surface area contributed by atoms with Crippen molar-refractivity contribution in [3.8, 4) is 22.8 Å². The zero-order valence-electron chi connectivity index (χ0n) is 11.1. The summed E-state index contributed by atoms with van der Waals surface area (Å²) in [5, 5.41) is 3.13. The Morgan fingerprint density at radius 2 is 1.95 bits per heavy atom. The highest BCUT2D eigenvalue weighted by Crippen LogP contribution is 2.42. The number of hydrogen-bond acceptors (Lipinski definition) is 5. The molecular weight excluding hydrogens is 272 g/mol. The third-order valence-corrected chi connectivity index (χ3v) is 5.08. The van der Waals surface area contributed by atoms with Crippen LogP contribution in [-0.4, -0.2) is 18.2 Å². The van der Waals surface area contributed by atoms with Crippen molar-refractivity contribution in [3.05, 3.63) is 28.6 Å². The van der Waals surface area contributed by atoms with E-state index in [0.29, 0.717) is 13.2 Å². The molecule has 104 valence electrons. The monoisotopic (exact) mass is 288 g/mol. The first-order chi connectivity index (χ1) is 9.74. The van der Waals surface area contributed by atoms with Crippen LogP contribution in [0.4, 0.5) is 0 Å². The van der Waals surface area contributed by atoms with Crippen molar-refractivity contribution in [1.82, 2.24) is 4.98 Å². The van der Waals surface area contributed by atoms with Crippen LogP contribution in [0.25, 0.3) is 11.3 Å². The topological polar surface area (TPSA) is 57.4 Å². The van der Waals surface area contributed by atoms with Crippen molar-refractivity contribution in [1.29, 1.82) is 0 Å². The van der Waals surface area contributed by atoms with Crippen molar-refractivity contribution in [2.45, 2.75) is 24.8 Å². The fraction of sp³-hybridized carbons (Fsp3) is 0.400. The third kappa shape index (κ3) is 1.89. The highest BCUT2D eigenvalue weighted by Gasteiger charge is 2.37. The fourth-order valence-electron chi connectivity index (χ4n) is 2.61. The normalized spacial score (nSPS) is 19.4. The molecule has 1 saturated carbocycles. The van der Waals surface area contributed by atoms with E-state index in [1.54, 1.807) is 11.3 Å². The highest BCUT2D eigenvalue weighted by molar-refractivity contribution is 7.10. The maximum atomic E-state index is 6.33. The van der Waals surface area contributed by atoms with Gasteiger partial charge < -0.3 is 15.2 Å². The first-order valence-electron chi connectivity index (χ1n) is 6.90. The molecule has 0 saturated heterocycles. The van der Waals surface area contributed by atoms with Gasteiger partial charge in [-0.05, 0) is 37.5 Å². The van der Waals surface area contributed by atoms with Crippen LogP contribution in [-0.2, 0) is 5.54 Å². The van der Waals surface area contributed by atoms with Gasteiger partial charge in [0, 0.05) is 10.9 Å².